The first-order valence-corrected chi connectivity index (χ1v) is 15.4. The number of aryl methyl sites for hydroxylation is 1. The summed E-state index contributed by atoms with van der Waals surface area (Å²) in [5.74, 6) is 1.30. The van der Waals surface area contributed by atoms with Crippen LogP contribution in [0.4, 0.5) is 4.79 Å². The Morgan fingerprint density at radius 3 is 2.65 bits per heavy atom. The summed E-state index contributed by atoms with van der Waals surface area (Å²) >= 11 is 6.29. The molecule has 226 valence electrons. The molecule has 1 N–H and O–H groups in total. The number of carbonyl (C=O) groups excluding carboxylic acids is 2. The molecule has 0 radical (unpaired) electrons. The fraction of sp³-hybridized carbons (Fsp3) is 0.500. The maximum Gasteiger partial charge on any atom is 0.407 e. The van der Waals surface area contributed by atoms with Gasteiger partial charge in [0, 0.05) is 30.2 Å². The zero-order valence-corrected chi connectivity index (χ0v) is 25.9. The van der Waals surface area contributed by atoms with Crippen molar-refractivity contribution in [3.05, 3.63) is 46.7 Å². The van der Waals surface area contributed by atoms with Gasteiger partial charge in [-0.2, -0.15) is 5.10 Å². The third kappa shape index (κ3) is 4.99. The van der Waals surface area contributed by atoms with Gasteiger partial charge < -0.3 is 24.3 Å². The molecule has 2 amide bonds. The summed E-state index contributed by atoms with van der Waals surface area (Å²) in [4.78, 5) is 33.0. The molecule has 11 heteroatoms. The van der Waals surface area contributed by atoms with E-state index in [-0.39, 0.29) is 23.9 Å². The molecule has 3 aliphatic rings. The molecular weight excluding hydrogens is 568 g/mol. The number of hydrogen-bond acceptors (Lipinski definition) is 6. The summed E-state index contributed by atoms with van der Waals surface area (Å²) in [5.41, 5.74) is 4.33. The van der Waals surface area contributed by atoms with Crippen LogP contribution in [0.25, 0.3) is 27.9 Å². The molecule has 43 heavy (non-hydrogen) atoms. The van der Waals surface area contributed by atoms with Gasteiger partial charge in [0.25, 0.3) is 5.91 Å². The van der Waals surface area contributed by atoms with Crippen molar-refractivity contribution in [2.75, 3.05) is 13.7 Å². The van der Waals surface area contributed by atoms with Gasteiger partial charge in [0.15, 0.2) is 0 Å². The Labute approximate surface area is 255 Å². The number of rotatable bonds is 6. The fourth-order valence-electron chi connectivity index (χ4n) is 6.90. The van der Waals surface area contributed by atoms with Crippen LogP contribution in [0.1, 0.15) is 62.4 Å². The maximum absolute atomic E-state index is 14.0. The van der Waals surface area contributed by atoms with Crippen LogP contribution in [0.3, 0.4) is 0 Å². The lowest BCUT2D eigenvalue weighted by Crippen LogP contribution is -2.46. The molecule has 1 saturated heterocycles. The van der Waals surface area contributed by atoms with Crippen LogP contribution in [-0.2, 0) is 11.3 Å². The number of aromatic nitrogens is 4. The van der Waals surface area contributed by atoms with Crippen molar-refractivity contribution in [1.29, 1.82) is 0 Å². The average molecular weight is 605 g/mol. The summed E-state index contributed by atoms with van der Waals surface area (Å²) in [6, 6.07) is 7.52. The Morgan fingerprint density at radius 2 is 1.93 bits per heavy atom. The molecule has 2 saturated carbocycles. The lowest BCUT2D eigenvalue weighted by molar-refractivity contribution is 0.0485. The first kappa shape index (κ1) is 28.0. The van der Waals surface area contributed by atoms with E-state index in [1.807, 2.05) is 44.7 Å². The molecule has 0 spiro atoms. The van der Waals surface area contributed by atoms with E-state index in [1.54, 1.807) is 23.9 Å². The van der Waals surface area contributed by atoms with Gasteiger partial charge in [0.05, 0.1) is 30.5 Å². The van der Waals surface area contributed by atoms with Crippen LogP contribution < -0.4 is 10.1 Å². The van der Waals surface area contributed by atoms with Crippen molar-refractivity contribution in [3.8, 4) is 17.1 Å². The topological polar surface area (TPSA) is 103 Å². The summed E-state index contributed by atoms with van der Waals surface area (Å²) in [5, 5.41) is 9.53. The second kappa shape index (κ2) is 10.1. The molecule has 1 aliphatic heterocycles. The highest BCUT2D eigenvalue weighted by molar-refractivity contribution is 6.29. The van der Waals surface area contributed by atoms with E-state index in [0.29, 0.717) is 28.9 Å². The van der Waals surface area contributed by atoms with Gasteiger partial charge in [0.2, 0.25) is 0 Å². The van der Waals surface area contributed by atoms with E-state index in [1.165, 1.54) is 12.8 Å². The molecule has 4 aromatic heterocycles. The number of nitrogens with zero attached hydrogens (tertiary/aromatic N) is 5. The number of carbonyl (C=O) groups is 2. The van der Waals surface area contributed by atoms with Crippen LogP contribution in [0.2, 0.25) is 5.15 Å². The quantitative estimate of drug-likeness (QED) is 0.277. The first-order valence-electron chi connectivity index (χ1n) is 15.0. The number of alkyl carbamates (subject to hydrolysis) is 1. The van der Waals surface area contributed by atoms with Gasteiger partial charge >= 0.3 is 6.09 Å². The zero-order chi connectivity index (χ0) is 30.2. The standard InChI is InChI=1S/C32H37ClN6O4/c1-17-26(23-12-19-9-11-25(33)34-29(19)37(23)14-18-6-7-18)36-39-16-21(13-24(42-5)28(17)39)30(40)38-15-20-8-10-22(38)27(20)35-31(41)43-32(2,3)4/h9,11-13,16,18,20,22,27H,6-8,10,14-15H2,1-5H3,(H,35,41)/t20?,22?,27-/m1/s1. The van der Waals surface area contributed by atoms with Crippen molar-refractivity contribution in [2.45, 2.75) is 77.6 Å². The van der Waals surface area contributed by atoms with Crippen LogP contribution >= 0.6 is 11.6 Å². The second-order valence-corrected chi connectivity index (χ2v) is 13.6. The van der Waals surface area contributed by atoms with Gasteiger partial charge in [-0.1, -0.05) is 11.6 Å². The molecule has 4 aromatic rings. The van der Waals surface area contributed by atoms with Crippen molar-refractivity contribution < 1.29 is 19.1 Å². The molecule has 5 heterocycles. The van der Waals surface area contributed by atoms with E-state index in [4.69, 9.17) is 26.2 Å². The Morgan fingerprint density at radius 1 is 1.14 bits per heavy atom. The van der Waals surface area contributed by atoms with Gasteiger partial charge in [-0.3, -0.25) is 4.79 Å². The van der Waals surface area contributed by atoms with Crippen molar-refractivity contribution in [1.82, 2.24) is 29.4 Å². The van der Waals surface area contributed by atoms with Gasteiger partial charge in [0.1, 0.15) is 33.4 Å². The fourth-order valence-corrected chi connectivity index (χ4v) is 7.05. The van der Waals surface area contributed by atoms with Gasteiger partial charge in [-0.15, -0.1) is 0 Å². The second-order valence-electron chi connectivity index (χ2n) is 13.2. The summed E-state index contributed by atoms with van der Waals surface area (Å²) < 4.78 is 15.3. The van der Waals surface area contributed by atoms with E-state index in [9.17, 15) is 9.59 Å². The highest BCUT2D eigenvalue weighted by atomic mass is 35.5. The Balaban J connectivity index is 1.23. The summed E-state index contributed by atoms with van der Waals surface area (Å²) in [6.45, 7) is 9.01. The maximum atomic E-state index is 14.0. The predicted molar refractivity (Wildman–Crippen MR) is 164 cm³/mol. The molecule has 7 rings (SSSR count). The number of amides is 2. The molecule has 2 aliphatic carbocycles. The Kier molecular flexibility index (Phi) is 6.61. The summed E-state index contributed by atoms with van der Waals surface area (Å²) in [7, 11) is 1.62. The molecule has 3 fully saturated rings. The zero-order valence-electron chi connectivity index (χ0n) is 25.2. The minimum Gasteiger partial charge on any atom is -0.494 e. The highest BCUT2D eigenvalue weighted by Gasteiger charge is 2.50. The lowest BCUT2D eigenvalue weighted by atomic mass is 10.1. The number of ether oxygens (including phenoxy) is 2. The summed E-state index contributed by atoms with van der Waals surface area (Å²) in [6.07, 6.45) is 5.56. The van der Waals surface area contributed by atoms with Crippen molar-refractivity contribution in [3.63, 3.8) is 0 Å². The van der Waals surface area contributed by atoms with E-state index < -0.39 is 11.7 Å². The molecule has 0 aromatic carbocycles. The number of fused-ring (bicyclic) bond motifs is 4. The minimum absolute atomic E-state index is 0.0842. The van der Waals surface area contributed by atoms with Gasteiger partial charge in [-0.05, 0) is 89.5 Å². The van der Waals surface area contributed by atoms with Crippen molar-refractivity contribution in [2.24, 2.45) is 11.8 Å². The van der Waals surface area contributed by atoms with E-state index in [0.717, 1.165) is 52.9 Å². The third-order valence-electron chi connectivity index (χ3n) is 9.02. The first-order chi connectivity index (χ1) is 20.5. The lowest BCUT2D eigenvalue weighted by Gasteiger charge is -2.28. The molecule has 2 unspecified atom stereocenters. The predicted octanol–water partition coefficient (Wildman–Crippen LogP) is 5.86. The average Bonchev–Trinajstić information content (AvgIpc) is 3.31. The van der Waals surface area contributed by atoms with Crippen LogP contribution in [0, 0.1) is 18.8 Å². The number of halogens is 1. The van der Waals surface area contributed by atoms with E-state index >= 15 is 0 Å². The number of nitrogens with one attached hydrogen (secondary N) is 1. The number of pyridine rings is 2. The molecule has 3 atom stereocenters. The molecule has 2 bridgehead atoms. The van der Waals surface area contributed by atoms with Crippen LogP contribution in [0.15, 0.2) is 30.5 Å². The minimum atomic E-state index is -0.584. The number of hydrogen-bond donors (Lipinski definition) is 1. The van der Waals surface area contributed by atoms with Crippen molar-refractivity contribution >= 4 is 40.2 Å². The smallest absolute Gasteiger partial charge is 0.407 e. The molecule has 10 nitrogen and oxygen atoms in total. The van der Waals surface area contributed by atoms with Crippen LogP contribution in [-0.4, -0.2) is 67.4 Å². The monoisotopic (exact) mass is 604 g/mol. The molecular formula is C32H37ClN6O4. The number of piperidine rings is 1. The largest absolute Gasteiger partial charge is 0.494 e. The number of likely N-dealkylation sites (tertiary alicyclic amines) is 1. The third-order valence-corrected chi connectivity index (χ3v) is 9.23. The Bertz CT molecular complexity index is 1770. The Hall–Kier alpha value is -3.79. The normalized spacial score (nSPS) is 21.6. The van der Waals surface area contributed by atoms with E-state index in [2.05, 4.69) is 20.9 Å². The SMILES string of the molecule is COc1cc(C(=O)N2CC3CCC2[C@@H]3NC(=O)OC(C)(C)C)cn2nc(-c3cc4ccc(Cl)nc4n3CC3CC3)c(C)c12. The van der Waals surface area contributed by atoms with Crippen LogP contribution in [0.5, 0.6) is 5.75 Å². The van der Waals surface area contributed by atoms with Gasteiger partial charge in [-0.25, -0.2) is 14.3 Å². The highest BCUT2D eigenvalue weighted by Crippen LogP contribution is 2.41. The number of methoxy groups -OCH3 is 1.